The topological polar surface area (TPSA) is 69.9 Å². The third kappa shape index (κ3) is 2.18. The average Bonchev–Trinajstić information content (AvgIpc) is 3.02. The van der Waals surface area contributed by atoms with Gasteiger partial charge in [-0.05, 0) is 12.5 Å². The Balaban J connectivity index is 2.25. The van der Waals surface area contributed by atoms with Crippen LogP contribution in [-0.2, 0) is 13.5 Å². The van der Waals surface area contributed by atoms with Gasteiger partial charge in [-0.1, -0.05) is 30.3 Å². The molecule has 0 amide bonds. The minimum Gasteiger partial charge on any atom is -0.367 e. The van der Waals surface area contributed by atoms with E-state index >= 15 is 0 Å². The predicted molar refractivity (Wildman–Crippen MR) is 77.9 cm³/mol. The SMILES string of the molecule is CCc1nn(C)cc1-c1noc(N)c1-c1ccccc1F. The summed E-state index contributed by atoms with van der Waals surface area (Å²) in [5, 5.41) is 8.38. The summed E-state index contributed by atoms with van der Waals surface area (Å²) in [5.74, 6) is -0.267. The maximum Gasteiger partial charge on any atom is 0.230 e. The van der Waals surface area contributed by atoms with Gasteiger partial charge in [0.25, 0.3) is 0 Å². The zero-order chi connectivity index (χ0) is 15.0. The van der Waals surface area contributed by atoms with Crippen LogP contribution in [0, 0.1) is 5.82 Å². The second-order valence-electron chi connectivity index (χ2n) is 4.77. The highest BCUT2D eigenvalue weighted by Gasteiger charge is 2.23. The molecular weight excluding hydrogens is 271 g/mol. The van der Waals surface area contributed by atoms with Gasteiger partial charge in [0.2, 0.25) is 5.88 Å². The molecule has 2 N–H and O–H groups in total. The minimum absolute atomic E-state index is 0.0982. The van der Waals surface area contributed by atoms with Crippen LogP contribution in [0.4, 0.5) is 10.3 Å². The van der Waals surface area contributed by atoms with E-state index in [4.69, 9.17) is 10.3 Å². The van der Waals surface area contributed by atoms with Gasteiger partial charge in [0.05, 0.1) is 11.3 Å². The summed E-state index contributed by atoms with van der Waals surface area (Å²) in [6, 6.07) is 6.42. The van der Waals surface area contributed by atoms with Crippen LogP contribution in [0.15, 0.2) is 35.0 Å². The summed E-state index contributed by atoms with van der Waals surface area (Å²) >= 11 is 0. The Labute approximate surface area is 121 Å². The fourth-order valence-corrected chi connectivity index (χ4v) is 2.40. The second kappa shape index (κ2) is 5.05. The number of nitrogens with zero attached hydrogens (tertiary/aromatic N) is 3. The van der Waals surface area contributed by atoms with Crippen molar-refractivity contribution in [1.29, 1.82) is 0 Å². The van der Waals surface area contributed by atoms with Gasteiger partial charge < -0.3 is 10.3 Å². The van der Waals surface area contributed by atoms with Crippen LogP contribution in [0.2, 0.25) is 0 Å². The number of hydrogen-bond donors (Lipinski definition) is 1. The Hall–Kier alpha value is -2.63. The van der Waals surface area contributed by atoms with Crippen molar-refractivity contribution in [2.45, 2.75) is 13.3 Å². The van der Waals surface area contributed by atoms with E-state index in [1.165, 1.54) is 6.07 Å². The van der Waals surface area contributed by atoms with E-state index in [1.54, 1.807) is 22.9 Å². The number of hydrogen-bond acceptors (Lipinski definition) is 4. The molecule has 21 heavy (non-hydrogen) atoms. The Morgan fingerprint density at radius 3 is 2.76 bits per heavy atom. The van der Waals surface area contributed by atoms with Crippen molar-refractivity contribution < 1.29 is 8.91 Å². The quantitative estimate of drug-likeness (QED) is 0.803. The van der Waals surface area contributed by atoms with E-state index in [-0.39, 0.29) is 11.7 Å². The van der Waals surface area contributed by atoms with Gasteiger partial charge in [-0.3, -0.25) is 4.68 Å². The number of nitrogen functional groups attached to an aromatic ring is 1. The summed E-state index contributed by atoms with van der Waals surface area (Å²) in [6.07, 6.45) is 2.57. The van der Waals surface area contributed by atoms with Gasteiger partial charge in [0, 0.05) is 24.4 Å². The van der Waals surface area contributed by atoms with Crippen molar-refractivity contribution in [2.75, 3.05) is 5.73 Å². The molecule has 2 heterocycles. The van der Waals surface area contributed by atoms with Gasteiger partial charge in [-0.2, -0.15) is 5.10 Å². The molecular formula is C15H15FN4O. The Bertz CT molecular complexity index is 791. The molecule has 0 spiro atoms. The highest BCUT2D eigenvalue weighted by Crippen LogP contribution is 2.38. The standard InChI is InChI=1S/C15H15FN4O/c1-3-12-10(8-20(2)18-12)14-13(15(17)21-19-14)9-6-4-5-7-11(9)16/h4-8H,3,17H2,1-2H3. The molecule has 0 atom stereocenters. The zero-order valence-corrected chi connectivity index (χ0v) is 11.8. The number of anilines is 1. The van der Waals surface area contributed by atoms with Gasteiger partial charge in [0.1, 0.15) is 11.5 Å². The fraction of sp³-hybridized carbons (Fsp3) is 0.200. The molecule has 6 heteroatoms. The first-order chi connectivity index (χ1) is 10.1. The fourth-order valence-electron chi connectivity index (χ4n) is 2.40. The van der Waals surface area contributed by atoms with Crippen LogP contribution in [0.3, 0.4) is 0 Å². The lowest BCUT2D eigenvalue weighted by Crippen LogP contribution is -1.92. The minimum atomic E-state index is -0.365. The van der Waals surface area contributed by atoms with Gasteiger partial charge in [-0.15, -0.1) is 0 Å². The van der Waals surface area contributed by atoms with E-state index in [2.05, 4.69) is 10.3 Å². The number of nitrogens with two attached hydrogens (primary N) is 1. The molecule has 0 aliphatic carbocycles. The average molecular weight is 286 g/mol. The van der Waals surface area contributed by atoms with Gasteiger partial charge >= 0.3 is 0 Å². The lowest BCUT2D eigenvalue weighted by molar-refractivity contribution is 0.439. The first-order valence-electron chi connectivity index (χ1n) is 6.64. The molecule has 0 fully saturated rings. The molecule has 0 bridgehead atoms. The van der Waals surface area contributed by atoms with Gasteiger partial charge in [0.15, 0.2) is 0 Å². The zero-order valence-electron chi connectivity index (χ0n) is 11.8. The third-order valence-corrected chi connectivity index (χ3v) is 3.36. The summed E-state index contributed by atoms with van der Waals surface area (Å²) in [5.41, 5.74) is 8.88. The molecule has 3 aromatic rings. The third-order valence-electron chi connectivity index (χ3n) is 3.36. The largest absolute Gasteiger partial charge is 0.367 e. The van der Waals surface area contributed by atoms with Crippen LogP contribution < -0.4 is 5.73 Å². The smallest absolute Gasteiger partial charge is 0.230 e. The molecule has 0 saturated heterocycles. The van der Waals surface area contributed by atoms with E-state index in [9.17, 15) is 4.39 Å². The number of aromatic nitrogens is 3. The van der Waals surface area contributed by atoms with Crippen molar-refractivity contribution in [2.24, 2.45) is 7.05 Å². The molecule has 0 aliphatic rings. The van der Waals surface area contributed by atoms with Crippen molar-refractivity contribution in [3.05, 3.63) is 42.0 Å². The van der Waals surface area contributed by atoms with Crippen molar-refractivity contribution >= 4 is 5.88 Å². The van der Waals surface area contributed by atoms with Crippen LogP contribution >= 0.6 is 0 Å². The number of halogens is 1. The van der Waals surface area contributed by atoms with Crippen molar-refractivity contribution in [1.82, 2.24) is 14.9 Å². The van der Waals surface area contributed by atoms with Crippen LogP contribution in [0.1, 0.15) is 12.6 Å². The molecule has 0 radical (unpaired) electrons. The van der Waals surface area contributed by atoms with E-state index in [1.807, 2.05) is 20.2 Å². The lowest BCUT2D eigenvalue weighted by atomic mass is 10.0. The number of benzene rings is 1. The monoisotopic (exact) mass is 286 g/mol. The molecule has 0 unspecified atom stereocenters. The Morgan fingerprint density at radius 1 is 1.29 bits per heavy atom. The van der Waals surface area contributed by atoms with E-state index in [0.717, 1.165) is 17.7 Å². The highest BCUT2D eigenvalue weighted by atomic mass is 19.1. The normalized spacial score (nSPS) is 11.0. The van der Waals surface area contributed by atoms with E-state index < -0.39 is 0 Å². The number of aryl methyl sites for hydroxylation is 2. The van der Waals surface area contributed by atoms with Crippen molar-refractivity contribution in [3.8, 4) is 22.4 Å². The maximum absolute atomic E-state index is 14.1. The van der Waals surface area contributed by atoms with Crippen LogP contribution in [0.25, 0.3) is 22.4 Å². The van der Waals surface area contributed by atoms with Gasteiger partial charge in [-0.25, -0.2) is 4.39 Å². The molecule has 2 aromatic heterocycles. The first-order valence-corrected chi connectivity index (χ1v) is 6.64. The lowest BCUT2D eigenvalue weighted by Gasteiger charge is -2.03. The summed E-state index contributed by atoms with van der Waals surface area (Å²) in [6.45, 7) is 2.00. The summed E-state index contributed by atoms with van der Waals surface area (Å²) in [7, 11) is 1.83. The molecule has 0 aliphatic heterocycles. The number of rotatable bonds is 3. The molecule has 108 valence electrons. The molecule has 0 saturated carbocycles. The Kier molecular flexibility index (Phi) is 3.21. The molecule has 3 rings (SSSR count). The predicted octanol–water partition coefficient (Wildman–Crippen LogP) is 3.03. The Morgan fingerprint density at radius 2 is 2.05 bits per heavy atom. The summed E-state index contributed by atoms with van der Waals surface area (Å²) in [4.78, 5) is 0. The van der Waals surface area contributed by atoms with Crippen LogP contribution in [0.5, 0.6) is 0 Å². The van der Waals surface area contributed by atoms with E-state index in [0.29, 0.717) is 16.8 Å². The summed E-state index contributed by atoms with van der Waals surface area (Å²) < 4.78 is 20.9. The van der Waals surface area contributed by atoms with Crippen molar-refractivity contribution in [3.63, 3.8) is 0 Å². The second-order valence-corrected chi connectivity index (χ2v) is 4.77. The van der Waals surface area contributed by atoms with Crippen LogP contribution in [-0.4, -0.2) is 14.9 Å². The highest BCUT2D eigenvalue weighted by molar-refractivity contribution is 5.87. The molecule has 5 nitrogen and oxygen atoms in total. The maximum atomic E-state index is 14.1. The molecule has 1 aromatic carbocycles. The first kappa shape index (κ1) is 13.4.